The van der Waals surface area contributed by atoms with Gasteiger partial charge in [0.25, 0.3) is 0 Å². The number of ether oxygens (including phenoxy) is 1. The van der Waals surface area contributed by atoms with Crippen LogP contribution in [-0.2, 0) is 4.79 Å². The van der Waals surface area contributed by atoms with Gasteiger partial charge in [-0.3, -0.25) is 9.20 Å². The van der Waals surface area contributed by atoms with Crippen molar-refractivity contribution in [1.82, 2.24) is 9.38 Å². The van der Waals surface area contributed by atoms with Gasteiger partial charge >= 0.3 is 0 Å². The third-order valence-electron chi connectivity index (χ3n) is 3.70. The summed E-state index contributed by atoms with van der Waals surface area (Å²) in [5.74, 6) is 1.06. The molecule has 0 unspecified atom stereocenters. The minimum atomic E-state index is -0.237. The number of thiazole rings is 1. The van der Waals surface area contributed by atoms with Crippen LogP contribution in [0.5, 0.6) is 11.5 Å². The third-order valence-corrected chi connectivity index (χ3v) is 4.47. The molecule has 128 valence electrons. The first-order valence-electron chi connectivity index (χ1n) is 8.01. The van der Waals surface area contributed by atoms with E-state index in [-0.39, 0.29) is 5.91 Å². The SMILES string of the molecule is O=C(/C=C/c1cnc2sccn12)Nc1ccccc1Oc1ccccc1. The number of rotatable bonds is 5. The number of benzene rings is 2. The van der Waals surface area contributed by atoms with Gasteiger partial charge in [0.2, 0.25) is 5.91 Å². The third kappa shape index (κ3) is 3.50. The van der Waals surface area contributed by atoms with Crippen molar-refractivity contribution < 1.29 is 9.53 Å². The minimum Gasteiger partial charge on any atom is -0.455 e. The molecule has 0 atom stereocenters. The number of carbonyl (C=O) groups is 1. The first kappa shape index (κ1) is 16.1. The Bertz CT molecular complexity index is 1070. The van der Waals surface area contributed by atoms with Crippen LogP contribution >= 0.6 is 11.3 Å². The van der Waals surface area contributed by atoms with Crippen molar-refractivity contribution in [3.05, 3.63) is 84.1 Å². The van der Waals surface area contributed by atoms with Gasteiger partial charge in [0, 0.05) is 17.7 Å². The van der Waals surface area contributed by atoms with E-state index in [9.17, 15) is 4.79 Å². The van der Waals surface area contributed by atoms with Crippen LogP contribution in [-0.4, -0.2) is 15.3 Å². The summed E-state index contributed by atoms with van der Waals surface area (Å²) in [4.78, 5) is 17.5. The molecule has 2 aromatic heterocycles. The molecule has 1 amide bonds. The molecular weight excluding hydrogens is 346 g/mol. The Hall–Kier alpha value is -3.38. The number of amides is 1. The number of anilines is 1. The van der Waals surface area contributed by atoms with E-state index in [4.69, 9.17) is 4.74 Å². The van der Waals surface area contributed by atoms with Crippen LogP contribution in [0, 0.1) is 0 Å². The average molecular weight is 361 g/mol. The first-order chi connectivity index (χ1) is 12.8. The smallest absolute Gasteiger partial charge is 0.248 e. The van der Waals surface area contributed by atoms with Crippen LogP contribution in [0.3, 0.4) is 0 Å². The van der Waals surface area contributed by atoms with Crippen LogP contribution < -0.4 is 10.1 Å². The number of carbonyl (C=O) groups excluding carboxylic acids is 1. The maximum atomic E-state index is 12.3. The quantitative estimate of drug-likeness (QED) is 0.518. The molecule has 0 radical (unpaired) electrons. The fourth-order valence-electron chi connectivity index (χ4n) is 2.48. The number of hydrogen-bond acceptors (Lipinski definition) is 4. The molecule has 2 heterocycles. The zero-order valence-corrected chi connectivity index (χ0v) is 14.5. The van der Waals surface area contributed by atoms with Gasteiger partial charge in [0.05, 0.1) is 17.6 Å². The van der Waals surface area contributed by atoms with Crippen LogP contribution in [0.25, 0.3) is 11.0 Å². The second kappa shape index (κ2) is 7.25. The van der Waals surface area contributed by atoms with Crippen LogP contribution in [0.1, 0.15) is 5.69 Å². The topological polar surface area (TPSA) is 55.6 Å². The van der Waals surface area contributed by atoms with Gasteiger partial charge in [-0.2, -0.15) is 0 Å². The summed E-state index contributed by atoms with van der Waals surface area (Å²) >= 11 is 1.55. The molecule has 0 saturated heterocycles. The summed E-state index contributed by atoms with van der Waals surface area (Å²) < 4.78 is 7.79. The summed E-state index contributed by atoms with van der Waals surface area (Å²) in [7, 11) is 0. The molecule has 26 heavy (non-hydrogen) atoms. The zero-order chi connectivity index (χ0) is 17.8. The van der Waals surface area contributed by atoms with E-state index in [2.05, 4.69) is 10.3 Å². The molecule has 0 aliphatic rings. The lowest BCUT2D eigenvalue weighted by Gasteiger charge is -2.11. The summed E-state index contributed by atoms with van der Waals surface area (Å²) in [5.41, 5.74) is 1.46. The molecule has 6 heteroatoms. The number of nitrogens with one attached hydrogen (secondary N) is 1. The summed E-state index contributed by atoms with van der Waals surface area (Å²) in [6.45, 7) is 0. The lowest BCUT2D eigenvalue weighted by Crippen LogP contribution is -2.08. The Morgan fingerprint density at radius 2 is 1.92 bits per heavy atom. The molecule has 4 rings (SSSR count). The van der Waals surface area contributed by atoms with Crippen molar-refractivity contribution in [1.29, 1.82) is 0 Å². The van der Waals surface area contributed by atoms with E-state index < -0.39 is 0 Å². The summed E-state index contributed by atoms with van der Waals surface area (Å²) in [6, 6.07) is 16.8. The van der Waals surface area contributed by atoms with Crippen LogP contribution in [0.2, 0.25) is 0 Å². The van der Waals surface area contributed by atoms with E-state index in [0.29, 0.717) is 17.2 Å². The maximum absolute atomic E-state index is 12.3. The minimum absolute atomic E-state index is 0.237. The normalized spacial score (nSPS) is 11.1. The average Bonchev–Trinajstić information content (AvgIpc) is 3.27. The van der Waals surface area contributed by atoms with Crippen LogP contribution in [0.4, 0.5) is 5.69 Å². The van der Waals surface area contributed by atoms with Crippen LogP contribution in [0.15, 0.2) is 78.4 Å². The first-order valence-corrected chi connectivity index (χ1v) is 8.89. The van der Waals surface area contributed by atoms with Gasteiger partial charge in [0.1, 0.15) is 5.75 Å². The second-order valence-corrected chi connectivity index (χ2v) is 6.35. The molecule has 2 aromatic carbocycles. The Labute approximate surface area is 154 Å². The van der Waals surface area contributed by atoms with E-state index in [0.717, 1.165) is 10.7 Å². The molecule has 0 bridgehead atoms. The summed E-state index contributed by atoms with van der Waals surface area (Å²) in [6.07, 6.45) is 6.89. The highest BCUT2D eigenvalue weighted by Gasteiger charge is 2.07. The number of imidazole rings is 1. The molecule has 0 fully saturated rings. The molecule has 1 N–H and O–H groups in total. The number of nitrogens with zero attached hydrogens (tertiary/aromatic N) is 2. The van der Waals surface area contributed by atoms with Crippen molar-refractivity contribution in [2.75, 3.05) is 5.32 Å². The van der Waals surface area contributed by atoms with Gasteiger partial charge in [-0.05, 0) is 30.3 Å². The Morgan fingerprint density at radius 3 is 2.81 bits per heavy atom. The van der Waals surface area contributed by atoms with Gasteiger partial charge < -0.3 is 10.1 Å². The molecular formula is C20H15N3O2S. The van der Waals surface area contributed by atoms with E-state index in [1.165, 1.54) is 6.08 Å². The lowest BCUT2D eigenvalue weighted by atomic mass is 10.2. The Balaban J connectivity index is 1.49. The zero-order valence-electron chi connectivity index (χ0n) is 13.7. The Morgan fingerprint density at radius 1 is 1.12 bits per heavy atom. The Kier molecular flexibility index (Phi) is 4.49. The van der Waals surface area contributed by atoms with Gasteiger partial charge in [-0.15, -0.1) is 11.3 Å². The van der Waals surface area contributed by atoms with E-state index in [1.54, 1.807) is 29.7 Å². The fourth-order valence-corrected chi connectivity index (χ4v) is 3.18. The van der Waals surface area contributed by atoms with Crippen molar-refractivity contribution in [2.45, 2.75) is 0 Å². The molecule has 0 aliphatic carbocycles. The molecule has 4 aromatic rings. The van der Waals surface area contributed by atoms with Crippen molar-refractivity contribution in [3.63, 3.8) is 0 Å². The number of fused-ring (bicyclic) bond motifs is 1. The molecule has 0 aliphatic heterocycles. The molecule has 5 nitrogen and oxygen atoms in total. The van der Waals surface area contributed by atoms with Gasteiger partial charge in [-0.25, -0.2) is 4.98 Å². The van der Waals surface area contributed by atoms with Crippen molar-refractivity contribution in [2.24, 2.45) is 0 Å². The largest absolute Gasteiger partial charge is 0.455 e. The highest BCUT2D eigenvalue weighted by Crippen LogP contribution is 2.29. The molecule has 0 spiro atoms. The standard InChI is InChI=1S/C20H15N3O2S/c24-19(11-10-15-14-21-20-23(15)12-13-26-20)22-17-8-4-5-9-18(17)25-16-6-2-1-3-7-16/h1-14H,(H,22,24)/b11-10+. The molecule has 0 saturated carbocycles. The number of hydrogen-bond donors (Lipinski definition) is 1. The van der Waals surface area contributed by atoms with Gasteiger partial charge in [0.15, 0.2) is 10.7 Å². The maximum Gasteiger partial charge on any atom is 0.248 e. The second-order valence-electron chi connectivity index (χ2n) is 5.47. The fraction of sp³-hybridized carbons (Fsp3) is 0. The van der Waals surface area contributed by atoms with Crippen molar-refractivity contribution in [3.8, 4) is 11.5 Å². The van der Waals surface area contributed by atoms with E-state index in [1.807, 2.05) is 64.5 Å². The number of aromatic nitrogens is 2. The predicted octanol–water partition coefficient (Wildman–Crippen LogP) is 4.84. The number of para-hydroxylation sites is 3. The monoisotopic (exact) mass is 361 g/mol. The van der Waals surface area contributed by atoms with Crippen molar-refractivity contribution >= 4 is 34.0 Å². The summed E-state index contributed by atoms with van der Waals surface area (Å²) in [5, 5.41) is 4.81. The van der Waals surface area contributed by atoms with Gasteiger partial charge in [-0.1, -0.05) is 30.3 Å². The lowest BCUT2D eigenvalue weighted by molar-refractivity contribution is -0.111. The highest BCUT2D eigenvalue weighted by molar-refractivity contribution is 7.15. The predicted molar refractivity (Wildman–Crippen MR) is 104 cm³/mol. The highest BCUT2D eigenvalue weighted by atomic mass is 32.1. The van der Waals surface area contributed by atoms with E-state index >= 15 is 0 Å².